The van der Waals surface area contributed by atoms with Crippen LogP contribution in [0.1, 0.15) is 35.8 Å². The van der Waals surface area contributed by atoms with Gasteiger partial charge in [0.1, 0.15) is 0 Å². The minimum absolute atomic E-state index is 0.652. The molecule has 2 N–H and O–H groups in total. The molecule has 108 valence electrons. The average molecular weight is 278 g/mol. The third-order valence-electron chi connectivity index (χ3n) is 4.85. The van der Waals surface area contributed by atoms with E-state index in [9.17, 15) is 0 Å². The predicted octanol–water partition coefficient (Wildman–Crippen LogP) is 3.73. The summed E-state index contributed by atoms with van der Waals surface area (Å²) < 4.78 is 0. The van der Waals surface area contributed by atoms with E-state index in [0.29, 0.717) is 12.0 Å². The second kappa shape index (κ2) is 5.53. The van der Waals surface area contributed by atoms with Crippen molar-refractivity contribution in [2.75, 3.05) is 18.4 Å². The van der Waals surface area contributed by atoms with E-state index in [0.717, 1.165) is 19.0 Å². The van der Waals surface area contributed by atoms with Crippen molar-refractivity contribution in [2.45, 2.75) is 30.7 Å². The molecular weight excluding hydrogens is 256 g/mol. The lowest BCUT2D eigenvalue weighted by atomic mass is 9.91. The second-order valence-electron chi connectivity index (χ2n) is 6.27. The van der Waals surface area contributed by atoms with Crippen molar-refractivity contribution in [1.82, 2.24) is 5.32 Å². The number of rotatable bonds is 4. The number of hydrogen-bond donors (Lipinski definition) is 2. The molecule has 0 amide bonds. The molecule has 1 aliphatic carbocycles. The van der Waals surface area contributed by atoms with Crippen LogP contribution in [0.4, 0.5) is 5.69 Å². The van der Waals surface area contributed by atoms with Crippen molar-refractivity contribution >= 4 is 5.69 Å². The van der Waals surface area contributed by atoms with Crippen LogP contribution in [0.25, 0.3) is 0 Å². The van der Waals surface area contributed by atoms with Gasteiger partial charge >= 0.3 is 0 Å². The molecule has 2 aromatic carbocycles. The minimum atomic E-state index is 0.652. The Labute approximate surface area is 126 Å². The topological polar surface area (TPSA) is 24.1 Å². The van der Waals surface area contributed by atoms with Gasteiger partial charge in [0.2, 0.25) is 0 Å². The molecule has 21 heavy (non-hydrogen) atoms. The molecule has 3 atom stereocenters. The summed E-state index contributed by atoms with van der Waals surface area (Å²) in [6.07, 6.45) is 2.52. The lowest BCUT2D eigenvalue weighted by molar-refractivity contribution is 0.545. The summed E-state index contributed by atoms with van der Waals surface area (Å²) in [5.41, 5.74) is 4.29. The fraction of sp³-hybridized carbons (Fsp3) is 0.368. The Morgan fingerprint density at radius 1 is 1.00 bits per heavy atom. The normalized spacial score (nSPS) is 26.8. The smallest absolute Gasteiger partial charge is 0.0376 e. The third-order valence-corrected chi connectivity index (χ3v) is 4.85. The zero-order valence-electron chi connectivity index (χ0n) is 12.3. The van der Waals surface area contributed by atoms with Crippen molar-refractivity contribution in [2.24, 2.45) is 0 Å². The Morgan fingerprint density at radius 3 is 2.71 bits per heavy atom. The maximum atomic E-state index is 3.79. The van der Waals surface area contributed by atoms with E-state index < -0.39 is 0 Å². The van der Waals surface area contributed by atoms with Gasteiger partial charge in [0.15, 0.2) is 0 Å². The monoisotopic (exact) mass is 278 g/mol. The van der Waals surface area contributed by atoms with Crippen molar-refractivity contribution in [3.8, 4) is 0 Å². The van der Waals surface area contributed by atoms with Crippen molar-refractivity contribution in [1.29, 1.82) is 0 Å². The van der Waals surface area contributed by atoms with Gasteiger partial charge in [0.05, 0.1) is 0 Å². The minimum Gasteiger partial charge on any atom is -0.385 e. The SMILES string of the molecule is c1ccc(C2CC2NCC2CCNc3ccccc32)cc1. The van der Waals surface area contributed by atoms with E-state index in [1.807, 2.05) is 0 Å². The van der Waals surface area contributed by atoms with E-state index in [4.69, 9.17) is 0 Å². The van der Waals surface area contributed by atoms with Crippen LogP contribution in [0.3, 0.4) is 0 Å². The summed E-state index contributed by atoms with van der Waals surface area (Å²) >= 11 is 0. The zero-order chi connectivity index (χ0) is 14.1. The molecule has 2 nitrogen and oxygen atoms in total. The summed E-state index contributed by atoms with van der Waals surface area (Å²) in [5.74, 6) is 1.38. The Hall–Kier alpha value is -1.80. The molecule has 2 aliphatic rings. The van der Waals surface area contributed by atoms with Crippen LogP contribution in [-0.4, -0.2) is 19.1 Å². The van der Waals surface area contributed by atoms with Gasteiger partial charge in [0, 0.05) is 36.7 Å². The van der Waals surface area contributed by atoms with Gasteiger partial charge < -0.3 is 10.6 Å². The zero-order valence-corrected chi connectivity index (χ0v) is 12.3. The summed E-state index contributed by atoms with van der Waals surface area (Å²) in [6.45, 7) is 2.20. The van der Waals surface area contributed by atoms with Crippen LogP contribution in [0.2, 0.25) is 0 Å². The van der Waals surface area contributed by atoms with Crippen LogP contribution in [0.15, 0.2) is 54.6 Å². The first-order valence-corrected chi connectivity index (χ1v) is 8.03. The quantitative estimate of drug-likeness (QED) is 0.890. The molecular formula is C19H22N2. The van der Waals surface area contributed by atoms with Gasteiger partial charge in [-0.2, -0.15) is 0 Å². The van der Waals surface area contributed by atoms with Gasteiger partial charge in [-0.3, -0.25) is 0 Å². The molecule has 0 radical (unpaired) electrons. The fourth-order valence-electron chi connectivity index (χ4n) is 3.55. The first-order valence-electron chi connectivity index (χ1n) is 8.03. The Kier molecular flexibility index (Phi) is 3.40. The van der Waals surface area contributed by atoms with Crippen LogP contribution < -0.4 is 10.6 Å². The first kappa shape index (κ1) is 12.9. The molecule has 1 fully saturated rings. The number of para-hydroxylation sites is 1. The van der Waals surface area contributed by atoms with E-state index in [1.165, 1.54) is 29.7 Å². The van der Waals surface area contributed by atoms with Gasteiger partial charge in [-0.25, -0.2) is 0 Å². The molecule has 3 unspecified atom stereocenters. The maximum absolute atomic E-state index is 3.79. The summed E-state index contributed by atoms with van der Waals surface area (Å²) in [4.78, 5) is 0. The number of hydrogen-bond acceptors (Lipinski definition) is 2. The van der Waals surface area contributed by atoms with E-state index in [1.54, 1.807) is 0 Å². The molecule has 0 aromatic heterocycles. The molecule has 1 heterocycles. The van der Waals surface area contributed by atoms with Gasteiger partial charge in [-0.1, -0.05) is 48.5 Å². The lowest BCUT2D eigenvalue weighted by Gasteiger charge is -2.27. The molecule has 1 aliphatic heterocycles. The van der Waals surface area contributed by atoms with Crippen LogP contribution in [-0.2, 0) is 0 Å². The summed E-state index contributed by atoms with van der Waals surface area (Å²) in [7, 11) is 0. The highest BCUT2D eigenvalue weighted by Gasteiger charge is 2.38. The summed E-state index contributed by atoms with van der Waals surface area (Å²) in [5, 5.41) is 7.29. The average Bonchev–Trinajstić information content (AvgIpc) is 3.33. The van der Waals surface area contributed by atoms with Crippen LogP contribution >= 0.6 is 0 Å². The Balaban J connectivity index is 1.37. The van der Waals surface area contributed by atoms with E-state index in [2.05, 4.69) is 65.2 Å². The molecule has 0 saturated heterocycles. The van der Waals surface area contributed by atoms with Gasteiger partial charge in [-0.15, -0.1) is 0 Å². The van der Waals surface area contributed by atoms with Gasteiger partial charge in [0.25, 0.3) is 0 Å². The standard InChI is InChI=1S/C19H22N2/c1-2-6-14(7-3-1)17-12-19(17)21-13-15-10-11-20-18-9-5-4-8-16(15)18/h1-9,15,17,19-21H,10-13H2. The summed E-state index contributed by atoms with van der Waals surface area (Å²) in [6, 6.07) is 20.3. The predicted molar refractivity (Wildman–Crippen MR) is 87.9 cm³/mol. The largest absolute Gasteiger partial charge is 0.385 e. The van der Waals surface area contributed by atoms with E-state index >= 15 is 0 Å². The Morgan fingerprint density at radius 2 is 1.81 bits per heavy atom. The highest BCUT2D eigenvalue weighted by atomic mass is 15.0. The number of benzene rings is 2. The van der Waals surface area contributed by atoms with Crippen molar-refractivity contribution in [3.63, 3.8) is 0 Å². The van der Waals surface area contributed by atoms with Gasteiger partial charge in [-0.05, 0) is 30.0 Å². The number of fused-ring (bicyclic) bond motifs is 1. The number of nitrogens with one attached hydrogen (secondary N) is 2. The molecule has 2 heteroatoms. The third kappa shape index (κ3) is 2.68. The maximum Gasteiger partial charge on any atom is 0.0376 e. The number of anilines is 1. The fourth-order valence-corrected chi connectivity index (χ4v) is 3.55. The van der Waals surface area contributed by atoms with Crippen LogP contribution in [0.5, 0.6) is 0 Å². The Bertz CT molecular complexity index is 608. The molecule has 0 bridgehead atoms. The lowest BCUT2D eigenvalue weighted by Crippen LogP contribution is -2.28. The van der Waals surface area contributed by atoms with E-state index in [-0.39, 0.29) is 0 Å². The molecule has 0 spiro atoms. The molecule has 4 rings (SSSR count). The molecule has 2 aromatic rings. The van der Waals surface area contributed by atoms with Crippen molar-refractivity contribution < 1.29 is 0 Å². The highest BCUT2D eigenvalue weighted by Crippen LogP contribution is 2.41. The highest BCUT2D eigenvalue weighted by molar-refractivity contribution is 5.54. The second-order valence-corrected chi connectivity index (χ2v) is 6.27. The van der Waals surface area contributed by atoms with Crippen molar-refractivity contribution in [3.05, 3.63) is 65.7 Å². The first-order chi connectivity index (χ1) is 10.4. The molecule has 1 saturated carbocycles. The van der Waals surface area contributed by atoms with Crippen LogP contribution in [0, 0.1) is 0 Å².